The van der Waals surface area contributed by atoms with E-state index in [0.717, 1.165) is 68.3 Å². The van der Waals surface area contributed by atoms with Crippen LogP contribution in [0.25, 0.3) is 0 Å². The molecule has 0 amide bonds. The Hall–Kier alpha value is -2.10. The van der Waals surface area contributed by atoms with Crippen molar-refractivity contribution in [3.8, 4) is 0 Å². The van der Waals surface area contributed by atoms with Gasteiger partial charge in [-0.2, -0.15) is 0 Å². The molecule has 2 spiro atoms. The Kier molecular flexibility index (Phi) is 3.98. The smallest absolute Gasteiger partial charge is 0.339 e. The zero-order valence-electron chi connectivity index (χ0n) is 16.8. The number of unbranched alkanes of at least 4 members (excludes halogenated alkanes) is 1. The second kappa shape index (κ2) is 6.20. The predicted octanol–water partition coefficient (Wildman–Crippen LogP) is 4.92. The first-order chi connectivity index (χ1) is 13.6. The van der Waals surface area contributed by atoms with Gasteiger partial charge in [0.05, 0.1) is 11.0 Å². The maximum atomic E-state index is 12.9. The molecule has 0 radical (unpaired) electrons. The van der Waals surface area contributed by atoms with Gasteiger partial charge in [-0.15, -0.1) is 0 Å². The SMILES string of the molecule is CCC/C=C1\OC(=O)C2=CC3CCC21C(CCC)C31OC(=O)C2=C1CCC=C2. The van der Waals surface area contributed by atoms with Gasteiger partial charge in [0.2, 0.25) is 0 Å². The van der Waals surface area contributed by atoms with Crippen LogP contribution >= 0.6 is 0 Å². The second-order valence-electron chi connectivity index (χ2n) is 8.80. The van der Waals surface area contributed by atoms with Crippen molar-refractivity contribution in [3.63, 3.8) is 0 Å². The number of esters is 2. The van der Waals surface area contributed by atoms with E-state index in [2.05, 4.69) is 32.1 Å². The summed E-state index contributed by atoms with van der Waals surface area (Å²) in [5, 5.41) is 0. The summed E-state index contributed by atoms with van der Waals surface area (Å²) in [5.41, 5.74) is 1.73. The topological polar surface area (TPSA) is 52.6 Å². The van der Waals surface area contributed by atoms with E-state index in [9.17, 15) is 9.59 Å². The Labute approximate surface area is 166 Å². The van der Waals surface area contributed by atoms with Gasteiger partial charge in [0.15, 0.2) is 0 Å². The Morgan fingerprint density at radius 3 is 2.86 bits per heavy atom. The normalized spacial score (nSPS) is 39.4. The number of hydrogen-bond acceptors (Lipinski definition) is 4. The molecule has 4 nitrogen and oxygen atoms in total. The van der Waals surface area contributed by atoms with E-state index in [1.165, 1.54) is 5.57 Å². The van der Waals surface area contributed by atoms with E-state index < -0.39 is 11.0 Å². The lowest BCUT2D eigenvalue weighted by Gasteiger charge is -2.58. The van der Waals surface area contributed by atoms with Gasteiger partial charge in [0.1, 0.15) is 11.4 Å². The summed E-state index contributed by atoms with van der Waals surface area (Å²) in [7, 11) is 0. The largest absolute Gasteiger partial charge is 0.450 e. The van der Waals surface area contributed by atoms with Gasteiger partial charge in [-0.25, -0.2) is 9.59 Å². The lowest BCUT2D eigenvalue weighted by molar-refractivity contribution is -0.170. The summed E-state index contributed by atoms with van der Waals surface area (Å²) >= 11 is 0. The molecule has 28 heavy (non-hydrogen) atoms. The van der Waals surface area contributed by atoms with Crippen LogP contribution in [-0.2, 0) is 19.1 Å². The van der Waals surface area contributed by atoms with Crippen molar-refractivity contribution in [3.05, 3.63) is 46.8 Å². The summed E-state index contributed by atoms with van der Waals surface area (Å²) in [6, 6.07) is 0. The first kappa shape index (κ1) is 18.0. The highest BCUT2D eigenvalue weighted by Gasteiger charge is 2.71. The van der Waals surface area contributed by atoms with Crippen LogP contribution in [0.5, 0.6) is 0 Å². The molecule has 4 atom stereocenters. The molecule has 0 aromatic carbocycles. The number of carbonyl (C=O) groups is 2. The molecule has 6 rings (SSSR count). The van der Waals surface area contributed by atoms with E-state index in [-0.39, 0.29) is 23.8 Å². The van der Waals surface area contributed by atoms with E-state index >= 15 is 0 Å². The highest BCUT2D eigenvalue weighted by molar-refractivity contribution is 5.99. The van der Waals surface area contributed by atoms with E-state index in [0.29, 0.717) is 0 Å². The van der Waals surface area contributed by atoms with Gasteiger partial charge in [-0.3, -0.25) is 0 Å². The van der Waals surface area contributed by atoms with E-state index in [4.69, 9.17) is 9.47 Å². The Balaban J connectivity index is 1.74. The number of hydrogen-bond donors (Lipinski definition) is 0. The van der Waals surface area contributed by atoms with Crippen molar-refractivity contribution in [1.82, 2.24) is 0 Å². The fourth-order valence-electron chi connectivity index (χ4n) is 6.56. The highest BCUT2D eigenvalue weighted by Crippen LogP contribution is 2.70. The fraction of sp³-hybridized carbons (Fsp3) is 0.583. The lowest BCUT2D eigenvalue weighted by Crippen LogP contribution is -2.60. The zero-order valence-corrected chi connectivity index (χ0v) is 16.8. The van der Waals surface area contributed by atoms with Crippen molar-refractivity contribution < 1.29 is 19.1 Å². The number of cyclic esters (lactones) is 1. The molecule has 6 aliphatic rings. The highest BCUT2D eigenvalue weighted by atomic mass is 16.6. The third kappa shape index (κ3) is 2.01. The first-order valence-corrected chi connectivity index (χ1v) is 10.9. The third-order valence-corrected chi connectivity index (χ3v) is 7.54. The van der Waals surface area contributed by atoms with Gasteiger partial charge >= 0.3 is 11.9 Å². The van der Waals surface area contributed by atoms with Crippen molar-refractivity contribution in [2.75, 3.05) is 0 Å². The van der Waals surface area contributed by atoms with Crippen molar-refractivity contribution in [2.24, 2.45) is 17.3 Å². The fourth-order valence-corrected chi connectivity index (χ4v) is 6.56. The molecule has 2 bridgehead atoms. The van der Waals surface area contributed by atoms with Crippen LogP contribution in [0.4, 0.5) is 0 Å². The maximum Gasteiger partial charge on any atom is 0.339 e. The van der Waals surface area contributed by atoms with Crippen molar-refractivity contribution in [1.29, 1.82) is 0 Å². The zero-order chi connectivity index (χ0) is 19.5. The molecule has 2 heterocycles. The second-order valence-corrected chi connectivity index (χ2v) is 8.80. The molecular formula is C24H28O4. The minimum atomic E-state index is -0.603. The van der Waals surface area contributed by atoms with Crippen LogP contribution in [0.1, 0.15) is 65.2 Å². The van der Waals surface area contributed by atoms with Crippen molar-refractivity contribution >= 4 is 11.9 Å². The summed E-state index contributed by atoms with van der Waals surface area (Å²) < 4.78 is 12.2. The van der Waals surface area contributed by atoms with Crippen LogP contribution in [0, 0.1) is 17.3 Å². The van der Waals surface area contributed by atoms with Crippen LogP contribution in [0.3, 0.4) is 0 Å². The minimum absolute atomic E-state index is 0.0706. The quantitative estimate of drug-likeness (QED) is 0.650. The number of ether oxygens (including phenoxy) is 2. The summed E-state index contributed by atoms with van der Waals surface area (Å²) in [4.78, 5) is 25.7. The standard InChI is InChI=1S/C24H28O4/c1-3-5-11-20-23-13-12-15(14-18(23)22(26)27-20)24(19(23)8-4-2)17-10-7-6-9-16(17)21(25)28-24/h6,9,11,14-15,19H,3-5,7-8,10,12-13H2,1-2H3/b20-11-. The average molecular weight is 380 g/mol. The number of carbonyl (C=O) groups excluding carboxylic acids is 2. The molecule has 4 aliphatic carbocycles. The molecule has 0 N–H and O–H groups in total. The molecule has 4 heteroatoms. The van der Waals surface area contributed by atoms with Crippen LogP contribution in [0.15, 0.2) is 46.8 Å². The molecule has 4 unspecified atom stereocenters. The van der Waals surface area contributed by atoms with E-state index in [1.807, 2.05) is 6.08 Å². The maximum absolute atomic E-state index is 12.9. The van der Waals surface area contributed by atoms with E-state index in [1.54, 1.807) is 0 Å². The van der Waals surface area contributed by atoms with Gasteiger partial charge < -0.3 is 9.47 Å². The molecular weight excluding hydrogens is 352 g/mol. The van der Waals surface area contributed by atoms with Crippen LogP contribution < -0.4 is 0 Å². The molecule has 148 valence electrons. The Morgan fingerprint density at radius 1 is 1.21 bits per heavy atom. The Morgan fingerprint density at radius 2 is 2.07 bits per heavy atom. The number of rotatable bonds is 4. The van der Waals surface area contributed by atoms with Crippen molar-refractivity contribution in [2.45, 2.75) is 70.8 Å². The predicted molar refractivity (Wildman–Crippen MR) is 105 cm³/mol. The van der Waals surface area contributed by atoms with Gasteiger partial charge in [-0.05, 0) is 50.2 Å². The molecule has 1 saturated heterocycles. The third-order valence-electron chi connectivity index (χ3n) is 7.54. The molecule has 0 aromatic heterocycles. The lowest BCUT2D eigenvalue weighted by atomic mass is 9.46. The Bertz CT molecular complexity index is 873. The average Bonchev–Trinajstić information content (AvgIpc) is 3.16. The minimum Gasteiger partial charge on any atom is -0.450 e. The summed E-state index contributed by atoms with van der Waals surface area (Å²) in [5.74, 6) is 0.585. The van der Waals surface area contributed by atoms with Crippen LogP contribution in [-0.4, -0.2) is 17.5 Å². The number of allylic oxidation sites excluding steroid dienone is 3. The number of fused-ring (bicyclic) bond motifs is 1. The summed E-state index contributed by atoms with van der Waals surface area (Å²) in [6.07, 6.45) is 15.7. The van der Waals surface area contributed by atoms with Gasteiger partial charge in [-0.1, -0.05) is 44.9 Å². The van der Waals surface area contributed by atoms with Gasteiger partial charge in [0.25, 0.3) is 0 Å². The monoisotopic (exact) mass is 380 g/mol. The molecule has 2 aliphatic heterocycles. The molecule has 1 saturated carbocycles. The molecule has 2 fully saturated rings. The molecule has 0 aromatic rings. The first-order valence-electron chi connectivity index (χ1n) is 10.9. The van der Waals surface area contributed by atoms with Gasteiger partial charge in [0, 0.05) is 17.4 Å². The van der Waals surface area contributed by atoms with Crippen LogP contribution in [0.2, 0.25) is 0 Å². The summed E-state index contributed by atoms with van der Waals surface area (Å²) in [6.45, 7) is 4.31.